The first-order valence-electron chi connectivity index (χ1n) is 12.6. The second-order valence-corrected chi connectivity index (χ2v) is 9.08. The van der Waals surface area contributed by atoms with Gasteiger partial charge in [0.25, 0.3) is 0 Å². The van der Waals surface area contributed by atoms with Gasteiger partial charge in [0, 0.05) is 24.4 Å². The number of nitrogens with zero attached hydrogens (tertiary/aromatic N) is 1. The maximum atomic E-state index is 13.4. The van der Waals surface area contributed by atoms with Crippen LogP contribution in [0.3, 0.4) is 0 Å². The van der Waals surface area contributed by atoms with Crippen molar-refractivity contribution in [2.24, 2.45) is 0 Å². The van der Waals surface area contributed by atoms with Crippen LogP contribution in [-0.4, -0.2) is 36.9 Å². The number of hydrogen-bond donors (Lipinski definition) is 0. The molecule has 3 nitrogen and oxygen atoms in total. The molecule has 0 aliphatic carbocycles. The average molecular weight is 494 g/mol. The van der Waals surface area contributed by atoms with Gasteiger partial charge in [-0.25, -0.2) is 0 Å². The first-order valence-corrected chi connectivity index (χ1v) is 12.6. The van der Waals surface area contributed by atoms with Gasteiger partial charge in [-0.3, -0.25) is 4.79 Å². The van der Waals surface area contributed by atoms with Crippen LogP contribution >= 0.6 is 12.4 Å². The van der Waals surface area contributed by atoms with E-state index in [9.17, 15) is 4.79 Å². The highest BCUT2D eigenvalue weighted by atomic mass is 35.5. The second-order valence-electron chi connectivity index (χ2n) is 9.08. The van der Waals surface area contributed by atoms with Crippen LogP contribution in [0.2, 0.25) is 0 Å². The quantitative estimate of drug-likeness (QED) is 0.229. The van der Waals surface area contributed by atoms with Crippen LogP contribution in [0.1, 0.15) is 71.6 Å². The van der Waals surface area contributed by atoms with E-state index in [0.29, 0.717) is 13.0 Å². The maximum absolute atomic E-state index is 13.4. The zero-order chi connectivity index (χ0) is 24.3. The number of carbonyl (C=O) groups is 1. The number of hydrogen-bond acceptors (Lipinski definition) is 3. The highest BCUT2D eigenvalue weighted by Crippen LogP contribution is 2.31. The lowest BCUT2D eigenvalue weighted by molar-refractivity contribution is 0.0977. The van der Waals surface area contributed by atoms with E-state index >= 15 is 0 Å². The molecule has 0 N–H and O–H groups in total. The third-order valence-corrected chi connectivity index (χ3v) is 6.50. The molecule has 0 aliphatic rings. The van der Waals surface area contributed by atoms with Gasteiger partial charge in [0.05, 0.1) is 0 Å². The van der Waals surface area contributed by atoms with Crippen molar-refractivity contribution in [3.8, 4) is 5.75 Å². The summed E-state index contributed by atoms with van der Waals surface area (Å²) in [7, 11) is 0. The molecular formula is C31H40ClNO2. The summed E-state index contributed by atoms with van der Waals surface area (Å²) in [6.07, 6.45) is 2.87. The fraction of sp³-hybridized carbons (Fsp3) is 0.387. The van der Waals surface area contributed by atoms with Gasteiger partial charge in [0.15, 0.2) is 5.78 Å². The maximum Gasteiger partial charge on any atom is 0.163 e. The lowest BCUT2D eigenvalue weighted by atomic mass is 9.85. The van der Waals surface area contributed by atoms with E-state index in [1.165, 1.54) is 24.0 Å². The Balaban J connectivity index is 0.00000432. The zero-order valence-corrected chi connectivity index (χ0v) is 22.4. The Morgan fingerprint density at radius 2 is 1.40 bits per heavy atom. The molecular weight excluding hydrogens is 454 g/mol. The van der Waals surface area contributed by atoms with Crippen LogP contribution < -0.4 is 4.74 Å². The van der Waals surface area contributed by atoms with Crippen LogP contribution in [0.4, 0.5) is 0 Å². The third kappa shape index (κ3) is 8.23. The molecule has 0 unspecified atom stereocenters. The van der Waals surface area contributed by atoms with Crippen molar-refractivity contribution >= 4 is 18.2 Å². The molecule has 3 aromatic carbocycles. The van der Waals surface area contributed by atoms with Gasteiger partial charge in [-0.05, 0) is 67.7 Å². The number of benzene rings is 3. The van der Waals surface area contributed by atoms with Gasteiger partial charge < -0.3 is 9.64 Å². The Labute approximate surface area is 217 Å². The average Bonchev–Trinajstić information content (AvgIpc) is 2.86. The minimum absolute atomic E-state index is 0. The Kier molecular flexibility index (Phi) is 12.0. The predicted octanol–water partition coefficient (Wildman–Crippen LogP) is 7.63. The summed E-state index contributed by atoms with van der Waals surface area (Å²) in [6.45, 7) is 12.2. The summed E-state index contributed by atoms with van der Waals surface area (Å²) in [5.74, 6) is 1.10. The Morgan fingerprint density at radius 1 is 0.857 bits per heavy atom. The monoisotopic (exact) mass is 493 g/mol. The number of likely N-dealkylation sites (N-methyl/N-ethyl adjacent to an activating group) is 1. The Bertz CT molecular complexity index is 974. The smallest absolute Gasteiger partial charge is 0.163 e. The predicted molar refractivity (Wildman–Crippen MR) is 149 cm³/mol. The summed E-state index contributed by atoms with van der Waals surface area (Å²) in [6, 6.07) is 24.6. The van der Waals surface area contributed by atoms with Gasteiger partial charge in [0.2, 0.25) is 0 Å². The summed E-state index contributed by atoms with van der Waals surface area (Å²) < 4.78 is 6.18. The van der Waals surface area contributed by atoms with Crippen LogP contribution in [0, 0.1) is 13.8 Å². The first-order chi connectivity index (χ1) is 16.5. The molecule has 0 saturated carbocycles. The van der Waals surface area contributed by atoms with Crippen LogP contribution in [0.25, 0.3) is 0 Å². The topological polar surface area (TPSA) is 29.5 Å². The fourth-order valence-corrected chi connectivity index (χ4v) is 4.53. The lowest BCUT2D eigenvalue weighted by Crippen LogP contribution is -2.29. The molecule has 0 bridgehead atoms. The number of rotatable bonds is 13. The van der Waals surface area contributed by atoms with Crippen molar-refractivity contribution in [3.63, 3.8) is 0 Å². The number of carbonyl (C=O) groups excluding carboxylic acids is 1. The van der Waals surface area contributed by atoms with Crippen molar-refractivity contribution in [1.82, 2.24) is 4.90 Å². The van der Waals surface area contributed by atoms with E-state index in [0.717, 1.165) is 42.1 Å². The lowest BCUT2D eigenvalue weighted by Gasteiger charge is -2.21. The number of unbranched alkanes of at least 4 members (excludes halogenated alkanes) is 1. The minimum Gasteiger partial charge on any atom is -0.492 e. The van der Waals surface area contributed by atoms with Gasteiger partial charge in [0.1, 0.15) is 12.4 Å². The second kappa shape index (κ2) is 14.7. The number of Topliss-reactive ketones (excluding diaryl/α,β-unsaturated/α-hetero) is 1. The summed E-state index contributed by atoms with van der Waals surface area (Å²) in [5, 5.41) is 0. The number of ketones is 1. The van der Waals surface area contributed by atoms with E-state index in [2.05, 4.69) is 43.0 Å². The van der Waals surface area contributed by atoms with Crippen LogP contribution in [0.15, 0.2) is 72.8 Å². The minimum atomic E-state index is 0. The van der Waals surface area contributed by atoms with Crippen molar-refractivity contribution in [2.45, 2.75) is 52.9 Å². The summed E-state index contributed by atoms with van der Waals surface area (Å²) in [4.78, 5) is 15.8. The molecule has 0 fully saturated rings. The van der Waals surface area contributed by atoms with Crippen LogP contribution in [-0.2, 0) is 0 Å². The third-order valence-electron chi connectivity index (χ3n) is 6.50. The molecule has 4 heteroatoms. The molecule has 3 rings (SSSR count). The Hall–Kier alpha value is -2.62. The van der Waals surface area contributed by atoms with E-state index < -0.39 is 0 Å². The standard InChI is InChI=1S/C31H39NO2.ClH/c1-5-7-18-32(6-2)19-20-34-31-24(3)21-28(22-25(31)4)30(33)23-29(26-14-10-8-11-15-26)27-16-12-9-13-17-27;/h8-17,21-22,29H,5-7,18-20,23H2,1-4H3;1H. The van der Waals surface area contributed by atoms with Crippen molar-refractivity contribution in [3.05, 3.63) is 101 Å². The molecule has 0 amide bonds. The largest absolute Gasteiger partial charge is 0.492 e. The molecule has 0 spiro atoms. The summed E-state index contributed by atoms with van der Waals surface area (Å²) >= 11 is 0. The molecule has 0 heterocycles. The highest BCUT2D eigenvalue weighted by molar-refractivity contribution is 5.97. The number of aryl methyl sites for hydroxylation is 2. The van der Waals surface area contributed by atoms with Gasteiger partial charge in [-0.15, -0.1) is 12.4 Å². The molecule has 35 heavy (non-hydrogen) atoms. The molecule has 0 atom stereocenters. The van der Waals surface area contributed by atoms with Crippen molar-refractivity contribution < 1.29 is 9.53 Å². The van der Waals surface area contributed by atoms with E-state index in [1.807, 2.05) is 62.4 Å². The van der Waals surface area contributed by atoms with E-state index in [4.69, 9.17) is 4.74 Å². The van der Waals surface area contributed by atoms with E-state index in [1.54, 1.807) is 0 Å². The van der Waals surface area contributed by atoms with Crippen molar-refractivity contribution in [1.29, 1.82) is 0 Å². The number of halogens is 1. The zero-order valence-electron chi connectivity index (χ0n) is 21.6. The van der Waals surface area contributed by atoms with Gasteiger partial charge in [-0.1, -0.05) is 80.9 Å². The first kappa shape index (κ1) is 28.6. The van der Waals surface area contributed by atoms with Crippen molar-refractivity contribution in [2.75, 3.05) is 26.2 Å². The highest BCUT2D eigenvalue weighted by Gasteiger charge is 2.20. The van der Waals surface area contributed by atoms with Crippen LogP contribution in [0.5, 0.6) is 5.75 Å². The molecule has 3 aromatic rings. The molecule has 0 aromatic heterocycles. The molecule has 0 saturated heterocycles. The fourth-order valence-electron chi connectivity index (χ4n) is 4.53. The molecule has 0 radical (unpaired) electrons. The number of ether oxygens (including phenoxy) is 1. The summed E-state index contributed by atoms with van der Waals surface area (Å²) in [5.41, 5.74) is 5.14. The molecule has 0 aliphatic heterocycles. The van der Waals surface area contributed by atoms with Gasteiger partial charge >= 0.3 is 0 Å². The molecule has 188 valence electrons. The van der Waals surface area contributed by atoms with E-state index in [-0.39, 0.29) is 24.1 Å². The normalized spacial score (nSPS) is 10.9. The van der Waals surface area contributed by atoms with Gasteiger partial charge in [-0.2, -0.15) is 0 Å². The SMILES string of the molecule is CCCCN(CC)CCOc1c(C)cc(C(=O)CC(c2ccccc2)c2ccccc2)cc1C.Cl. The Morgan fingerprint density at radius 3 is 1.89 bits per heavy atom.